The van der Waals surface area contributed by atoms with E-state index in [1.165, 1.54) is 6.20 Å². The lowest BCUT2D eigenvalue weighted by atomic mass is 10.00. The predicted molar refractivity (Wildman–Crippen MR) is 124 cm³/mol. The molecule has 2 aliphatic heterocycles. The zero-order valence-corrected chi connectivity index (χ0v) is 17.9. The summed E-state index contributed by atoms with van der Waals surface area (Å²) in [6.07, 6.45) is 3.80. The number of anilines is 4. The molecule has 1 aromatic carbocycles. The van der Waals surface area contributed by atoms with Gasteiger partial charge >= 0.3 is 0 Å². The summed E-state index contributed by atoms with van der Waals surface area (Å²) >= 11 is 0. The monoisotopic (exact) mass is 446 g/mol. The standard InChI is InChI=1S/C23H22N6O4/c1-12-17(11-27-23-19(12)24-8-9-33-23)29-16-5-7-26-21(31)18(16)22(32)28-14-3-2-13-4-6-25-20(30)15(13)10-14/h2-3,5,7,10-11,24H,4,6,8-9H2,1H3,(H,25,30)(H,28,32)(H2,26,29,31). The lowest BCUT2D eigenvalue weighted by Gasteiger charge is -2.22. The van der Waals surface area contributed by atoms with Crippen molar-refractivity contribution in [2.45, 2.75) is 13.3 Å². The lowest BCUT2D eigenvalue weighted by Crippen LogP contribution is -2.32. The van der Waals surface area contributed by atoms with Gasteiger partial charge in [-0.1, -0.05) is 6.07 Å². The molecule has 0 spiro atoms. The zero-order chi connectivity index (χ0) is 22.9. The molecular weight excluding hydrogens is 424 g/mol. The fraction of sp³-hybridized carbons (Fsp3) is 0.217. The van der Waals surface area contributed by atoms with Gasteiger partial charge in [-0.05, 0) is 37.1 Å². The zero-order valence-electron chi connectivity index (χ0n) is 17.9. The Morgan fingerprint density at radius 2 is 2.00 bits per heavy atom. The minimum atomic E-state index is -0.597. The van der Waals surface area contributed by atoms with Crippen molar-refractivity contribution in [2.75, 3.05) is 35.6 Å². The number of carbonyl (C=O) groups is 2. The number of aromatic nitrogens is 2. The minimum Gasteiger partial charge on any atom is -0.474 e. The maximum absolute atomic E-state index is 13.1. The predicted octanol–water partition coefficient (Wildman–Crippen LogP) is 2.16. The number of benzene rings is 1. The number of carbonyl (C=O) groups excluding carboxylic acids is 2. The highest BCUT2D eigenvalue weighted by Gasteiger charge is 2.21. The van der Waals surface area contributed by atoms with Crippen molar-refractivity contribution in [3.63, 3.8) is 0 Å². The normalized spacial score (nSPS) is 14.2. The van der Waals surface area contributed by atoms with E-state index in [2.05, 4.69) is 31.2 Å². The molecule has 0 atom stereocenters. The maximum atomic E-state index is 13.1. The third-order valence-corrected chi connectivity index (χ3v) is 5.70. The van der Waals surface area contributed by atoms with E-state index < -0.39 is 11.5 Å². The van der Waals surface area contributed by atoms with E-state index in [0.717, 1.165) is 23.2 Å². The number of fused-ring (bicyclic) bond motifs is 2. The van der Waals surface area contributed by atoms with Crippen molar-refractivity contribution in [3.8, 4) is 5.88 Å². The van der Waals surface area contributed by atoms with Gasteiger partial charge in [-0.3, -0.25) is 14.4 Å². The van der Waals surface area contributed by atoms with Gasteiger partial charge in [0.2, 0.25) is 5.88 Å². The largest absolute Gasteiger partial charge is 0.474 e. The average Bonchev–Trinajstić information content (AvgIpc) is 2.81. The SMILES string of the molecule is Cc1c(Nc2cc[nH]c(=O)c2C(=O)Nc2ccc3c(c2)C(=O)NCC3)cnc2c1NCCO2. The smallest absolute Gasteiger partial charge is 0.263 e. The van der Waals surface area contributed by atoms with Crippen molar-refractivity contribution in [1.82, 2.24) is 15.3 Å². The van der Waals surface area contributed by atoms with E-state index >= 15 is 0 Å². The van der Waals surface area contributed by atoms with Crippen LogP contribution in [0.25, 0.3) is 0 Å². The van der Waals surface area contributed by atoms with Gasteiger partial charge in [-0.15, -0.1) is 0 Å². The quantitative estimate of drug-likeness (QED) is 0.414. The van der Waals surface area contributed by atoms with E-state index in [-0.39, 0.29) is 11.5 Å². The van der Waals surface area contributed by atoms with Crippen LogP contribution >= 0.6 is 0 Å². The van der Waals surface area contributed by atoms with Gasteiger partial charge in [0.05, 0.1) is 17.6 Å². The fourth-order valence-electron chi connectivity index (χ4n) is 3.98. The third-order valence-electron chi connectivity index (χ3n) is 5.70. The van der Waals surface area contributed by atoms with Crippen LogP contribution in [0.15, 0.2) is 41.5 Å². The molecule has 33 heavy (non-hydrogen) atoms. The molecule has 0 saturated heterocycles. The third kappa shape index (κ3) is 3.86. The molecule has 4 heterocycles. The Hall–Kier alpha value is -4.34. The van der Waals surface area contributed by atoms with Gasteiger partial charge in [0.15, 0.2) is 0 Å². The molecule has 0 saturated carbocycles. The Kier molecular flexibility index (Phi) is 5.17. The van der Waals surface area contributed by atoms with E-state index in [9.17, 15) is 14.4 Å². The second-order valence-electron chi connectivity index (χ2n) is 7.80. The fourth-order valence-corrected chi connectivity index (χ4v) is 3.98. The van der Waals surface area contributed by atoms with Crippen LogP contribution in [0, 0.1) is 6.92 Å². The summed E-state index contributed by atoms with van der Waals surface area (Å²) in [7, 11) is 0. The Morgan fingerprint density at radius 1 is 1.12 bits per heavy atom. The number of nitrogens with zero attached hydrogens (tertiary/aromatic N) is 1. The summed E-state index contributed by atoms with van der Waals surface area (Å²) in [6.45, 7) is 3.69. The number of hydrogen-bond donors (Lipinski definition) is 5. The van der Waals surface area contributed by atoms with Crippen LogP contribution in [0.5, 0.6) is 5.88 Å². The van der Waals surface area contributed by atoms with E-state index in [4.69, 9.17) is 4.74 Å². The number of nitrogens with one attached hydrogen (secondary N) is 5. The second-order valence-corrected chi connectivity index (χ2v) is 7.80. The number of pyridine rings is 2. The van der Waals surface area contributed by atoms with Gasteiger partial charge in [0.25, 0.3) is 17.4 Å². The summed E-state index contributed by atoms with van der Waals surface area (Å²) in [5, 5.41) is 11.9. The summed E-state index contributed by atoms with van der Waals surface area (Å²) in [6, 6.07) is 6.77. The molecule has 0 radical (unpaired) electrons. The number of aromatic amines is 1. The summed E-state index contributed by atoms with van der Waals surface area (Å²) in [5.74, 6) is -0.259. The molecule has 2 amide bonds. The van der Waals surface area contributed by atoms with Gasteiger partial charge < -0.3 is 31.0 Å². The first kappa shape index (κ1) is 20.6. The first-order chi connectivity index (χ1) is 16.0. The Labute approximate surface area is 188 Å². The van der Waals surface area contributed by atoms with Gasteiger partial charge in [0.1, 0.15) is 17.9 Å². The Balaban J connectivity index is 1.44. The van der Waals surface area contributed by atoms with E-state index in [0.29, 0.717) is 48.2 Å². The molecule has 0 bridgehead atoms. The number of rotatable bonds is 4. The van der Waals surface area contributed by atoms with Crippen LogP contribution < -0.4 is 31.6 Å². The highest BCUT2D eigenvalue weighted by atomic mass is 16.5. The molecule has 168 valence electrons. The first-order valence-electron chi connectivity index (χ1n) is 10.6. The first-order valence-corrected chi connectivity index (χ1v) is 10.6. The van der Waals surface area contributed by atoms with Gasteiger partial charge in [-0.2, -0.15) is 0 Å². The minimum absolute atomic E-state index is 0.0824. The molecule has 5 rings (SSSR count). The molecule has 5 N–H and O–H groups in total. The van der Waals surface area contributed by atoms with Crippen molar-refractivity contribution < 1.29 is 14.3 Å². The topological polar surface area (TPSA) is 137 Å². The number of hydrogen-bond acceptors (Lipinski definition) is 7. The Morgan fingerprint density at radius 3 is 2.88 bits per heavy atom. The van der Waals surface area contributed by atoms with Crippen LogP contribution in [0.2, 0.25) is 0 Å². The molecule has 3 aromatic rings. The van der Waals surface area contributed by atoms with Crippen molar-refractivity contribution in [2.24, 2.45) is 0 Å². The molecule has 10 nitrogen and oxygen atoms in total. The van der Waals surface area contributed by atoms with E-state index in [1.807, 2.05) is 13.0 Å². The molecule has 0 aliphatic carbocycles. The van der Waals surface area contributed by atoms with Crippen LogP contribution in [0.1, 0.15) is 31.8 Å². The van der Waals surface area contributed by atoms with Gasteiger partial charge in [0, 0.05) is 36.1 Å². The highest BCUT2D eigenvalue weighted by molar-refractivity contribution is 6.09. The van der Waals surface area contributed by atoms with Gasteiger partial charge in [-0.25, -0.2) is 4.98 Å². The van der Waals surface area contributed by atoms with Crippen LogP contribution in [0.4, 0.5) is 22.7 Å². The number of amides is 2. The summed E-state index contributed by atoms with van der Waals surface area (Å²) in [5.41, 5.74) is 3.83. The molecule has 10 heteroatoms. The molecular formula is C23H22N6O4. The summed E-state index contributed by atoms with van der Waals surface area (Å²) < 4.78 is 5.56. The number of ether oxygens (including phenoxy) is 1. The average molecular weight is 446 g/mol. The molecule has 0 fully saturated rings. The molecule has 0 unspecified atom stereocenters. The summed E-state index contributed by atoms with van der Waals surface area (Å²) in [4.78, 5) is 44.7. The Bertz CT molecular complexity index is 1330. The van der Waals surface area contributed by atoms with Crippen molar-refractivity contribution in [1.29, 1.82) is 0 Å². The molecule has 2 aromatic heterocycles. The van der Waals surface area contributed by atoms with Crippen LogP contribution in [0.3, 0.4) is 0 Å². The van der Waals surface area contributed by atoms with E-state index in [1.54, 1.807) is 24.4 Å². The van der Waals surface area contributed by atoms with Crippen LogP contribution in [-0.4, -0.2) is 41.5 Å². The lowest BCUT2D eigenvalue weighted by molar-refractivity contribution is 0.0944. The van der Waals surface area contributed by atoms with Crippen molar-refractivity contribution >= 4 is 34.6 Å². The second kappa shape index (κ2) is 8.30. The maximum Gasteiger partial charge on any atom is 0.263 e. The highest BCUT2D eigenvalue weighted by Crippen LogP contribution is 2.34. The van der Waals surface area contributed by atoms with Crippen molar-refractivity contribution in [3.05, 3.63) is 69.3 Å². The molecule has 2 aliphatic rings. The number of H-pyrrole nitrogens is 1. The van der Waals surface area contributed by atoms with Crippen LogP contribution in [-0.2, 0) is 6.42 Å².